The molecule has 0 bridgehead atoms. The summed E-state index contributed by atoms with van der Waals surface area (Å²) in [6.07, 6.45) is 1.92. The molecule has 1 aliphatic rings. The van der Waals surface area contributed by atoms with E-state index in [2.05, 4.69) is 20.8 Å². The van der Waals surface area contributed by atoms with Crippen molar-refractivity contribution in [1.29, 1.82) is 0 Å². The van der Waals surface area contributed by atoms with Crippen LogP contribution >= 0.6 is 0 Å². The van der Waals surface area contributed by atoms with Crippen LogP contribution < -0.4 is 10.1 Å². The molecule has 9 heteroatoms. The minimum absolute atomic E-state index is 0.0679. The third-order valence-corrected chi connectivity index (χ3v) is 5.95. The molecule has 172 valence electrons. The van der Waals surface area contributed by atoms with Gasteiger partial charge in [0.2, 0.25) is 11.8 Å². The van der Waals surface area contributed by atoms with E-state index in [0.29, 0.717) is 25.3 Å². The molecule has 0 spiro atoms. The number of para-hydroxylation sites is 1. The van der Waals surface area contributed by atoms with Crippen molar-refractivity contribution in [3.63, 3.8) is 0 Å². The van der Waals surface area contributed by atoms with Gasteiger partial charge < -0.3 is 15.0 Å². The van der Waals surface area contributed by atoms with E-state index >= 15 is 0 Å². The molecule has 1 aliphatic heterocycles. The predicted octanol–water partition coefficient (Wildman–Crippen LogP) is 2.65. The molecule has 1 saturated heterocycles. The largest absolute Gasteiger partial charge is 0.497 e. The summed E-state index contributed by atoms with van der Waals surface area (Å²) < 4.78 is 6.89. The van der Waals surface area contributed by atoms with Crippen molar-refractivity contribution < 1.29 is 14.3 Å². The van der Waals surface area contributed by atoms with Crippen molar-refractivity contribution in [3.8, 4) is 5.75 Å². The van der Waals surface area contributed by atoms with Crippen LogP contribution in [0.25, 0.3) is 0 Å². The Hall–Kier alpha value is -3.75. The quantitative estimate of drug-likeness (QED) is 0.596. The molecule has 2 amide bonds. The highest BCUT2D eigenvalue weighted by Gasteiger charge is 2.34. The second-order valence-corrected chi connectivity index (χ2v) is 8.22. The van der Waals surface area contributed by atoms with Crippen molar-refractivity contribution in [1.82, 2.24) is 25.1 Å². The third-order valence-electron chi connectivity index (χ3n) is 5.95. The van der Waals surface area contributed by atoms with Crippen LogP contribution in [0.15, 0.2) is 54.6 Å². The minimum Gasteiger partial charge on any atom is -0.497 e. The number of benzene rings is 2. The van der Waals surface area contributed by atoms with Gasteiger partial charge in [0.25, 0.3) is 0 Å². The van der Waals surface area contributed by atoms with E-state index in [0.717, 1.165) is 29.8 Å². The Morgan fingerprint density at radius 1 is 1.18 bits per heavy atom. The number of nitrogens with zero attached hydrogens (tertiary/aromatic N) is 5. The number of tetrazole rings is 1. The zero-order valence-electron chi connectivity index (χ0n) is 18.8. The van der Waals surface area contributed by atoms with Crippen LogP contribution in [-0.2, 0) is 16.0 Å². The van der Waals surface area contributed by atoms with Crippen molar-refractivity contribution in [2.75, 3.05) is 25.5 Å². The van der Waals surface area contributed by atoms with E-state index in [-0.39, 0.29) is 17.7 Å². The van der Waals surface area contributed by atoms with Gasteiger partial charge in [-0.05, 0) is 60.0 Å². The number of hydrogen-bond acceptors (Lipinski definition) is 6. The van der Waals surface area contributed by atoms with Gasteiger partial charge in [-0.3, -0.25) is 9.59 Å². The number of aromatic nitrogens is 4. The SMILES string of the molecule is COc1cccc(C[C@@H](C(=O)N2CCC[C@H](C(=O)Nc3ccccc3)C2)n2nnnc2C)c1. The highest BCUT2D eigenvalue weighted by molar-refractivity contribution is 5.93. The molecule has 33 heavy (non-hydrogen) atoms. The second kappa shape index (κ2) is 10.2. The molecule has 0 saturated carbocycles. The molecule has 0 radical (unpaired) electrons. The maximum atomic E-state index is 13.7. The Balaban J connectivity index is 1.51. The lowest BCUT2D eigenvalue weighted by Gasteiger charge is -2.34. The van der Waals surface area contributed by atoms with Crippen LogP contribution in [0.1, 0.15) is 30.3 Å². The van der Waals surface area contributed by atoms with Gasteiger partial charge in [0.15, 0.2) is 0 Å². The molecule has 1 N–H and O–H groups in total. The summed E-state index contributed by atoms with van der Waals surface area (Å²) in [4.78, 5) is 28.3. The van der Waals surface area contributed by atoms with Gasteiger partial charge in [-0.2, -0.15) is 0 Å². The molecule has 2 heterocycles. The number of methoxy groups -OCH3 is 1. The summed E-state index contributed by atoms with van der Waals surface area (Å²) in [7, 11) is 1.61. The van der Waals surface area contributed by atoms with Crippen molar-refractivity contribution >= 4 is 17.5 Å². The molecule has 0 unspecified atom stereocenters. The lowest BCUT2D eigenvalue weighted by atomic mass is 9.95. The lowest BCUT2D eigenvalue weighted by Crippen LogP contribution is -2.47. The molecule has 3 aromatic rings. The van der Waals surface area contributed by atoms with Gasteiger partial charge >= 0.3 is 0 Å². The van der Waals surface area contributed by atoms with Gasteiger partial charge in [-0.25, -0.2) is 4.68 Å². The number of likely N-dealkylation sites (tertiary alicyclic amines) is 1. The number of carbonyl (C=O) groups excluding carboxylic acids is 2. The average Bonchev–Trinajstić information content (AvgIpc) is 3.28. The third kappa shape index (κ3) is 5.36. The van der Waals surface area contributed by atoms with Crippen molar-refractivity contribution in [3.05, 3.63) is 66.0 Å². The maximum absolute atomic E-state index is 13.7. The molecular formula is C24H28N6O3. The number of carbonyl (C=O) groups is 2. The fraction of sp³-hybridized carbons (Fsp3) is 0.375. The summed E-state index contributed by atoms with van der Waals surface area (Å²) in [5.74, 6) is 0.858. The highest BCUT2D eigenvalue weighted by Crippen LogP contribution is 2.25. The van der Waals surface area contributed by atoms with Crippen molar-refractivity contribution in [2.45, 2.75) is 32.2 Å². The van der Waals surface area contributed by atoms with Crippen molar-refractivity contribution in [2.24, 2.45) is 5.92 Å². The number of anilines is 1. The number of hydrogen-bond donors (Lipinski definition) is 1. The number of piperidine rings is 1. The number of aryl methyl sites for hydroxylation is 1. The Morgan fingerprint density at radius 2 is 2.00 bits per heavy atom. The second-order valence-electron chi connectivity index (χ2n) is 8.22. The van der Waals surface area contributed by atoms with Gasteiger partial charge in [0.05, 0.1) is 13.0 Å². The Labute approximate surface area is 192 Å². The van der Waals surface area contributed by atoms with Crippen LogP contribution in [-0.4, -0.2) is 57.1 Å². The normalized spacial score (nSPS) is 16.8. The van der Waals surface area contributed by atoms with Crippen LogP contribution in [0.4, 0.5) is 5.69 Å². The number of amides is 2. The zero-order chi connectivity index (χ0) is 23.2. The lowest BCUT2D eigenvalue weighted by molar-refractivity contribution is -0.138. The molecule has 1 aromatic heterocycles. The first-order valence-electron chi connectivity index (χ1n) is 11.1. The Bertz CT molecular complexity index is 1100. The van der Waals surface area contributed by atoms with Crippen LogP contribution in [0, 0.1) is 12.8 Å². The summed E-state index contributed by atoms with van der Waals surface area (Å²) in [5, 5.41) is 14.8. The van der Waals surface area contributed by atoms with Crippen LogP contribution in [0.5, 0.6) is 5.75 Å². The van der Waals surface area contributed by atoms with E-state index < -0.39 is 6.04 Å². The molecule has 9 nitrogen and oxygen atoms in total. The Morgan fingerprint density at radius 3 is 2.73 bits per heavy atom. The van der Waals surface area contributed by atoms with Gasteiger partial charge in [0.1, 0.15) is 17.6 Å². The average molecular weight is 449 g/mol. The van der Waals surface area contributed by atoms with Gasteiger partial charge in [-0.1, -0.05) is 30.3 Å². The fourth-order valence-electron chi connectivity index (χ4n) is 4.20. The Kier molecular flexibility index (Phi) is 6.97. The number of nitrogens with one attached hydrogen (secondary N) is 1. The summed E-state index contributed by atoms with van der Waals surface area (Å²) >= 11 is 0. The van der Waals surface area contributed by atoms with E-state index in [1.807, 2.05) is 54.6 Å². The van der Waals surface area contributed by atoms with Crippen LogP contribution in [0.3, 0.4) is 0 Å². The van der Waals surface area contributed by atoms with E-state index in [9.17, 15) is 9.59 Å². The topological polar surface area (TPSA) is 102 Å². The minimum atomic E-state index is -0.608. The smallest absolute Gasteiger partial charge is 0.247 e. The standard InChI is InChI=1S/C24H28N6O3/c1-17-26-27-28-30(17)22(15-18-8-6-12-21(14-18)33-2)24(32)29-13-7-9-19(16-29)23(31)25-20-10-4-3-5-11-20/h3-6,8,10-12,14,19,22H,7,9,13,15-16H2,1-2H3,(H,25,31)/t19-,22-/m0/s1. The molecule has 1 fully saturated rings. The highest BCUT2D eigenvalue weighted by atomic mass is 16.5. The summed E-state index contributed by atoms with van der Waals surface area (Å²) in [5.41, 5.74) is 1.70. The number of rotatable bonds is 7. The van der Waals surface area contributed by atoms with E-state index in [1.54, 1.807) is 23.6 Å². The van der Waals surface area contributed by atoms with E-state index in [1.165, 1.54) is 0 Å². The van der Waals surface area contributed by atoms with Crippen LogP contribution in [0.2, 0.25) is 0 Å². The fourth-order valence-corrected chi connectivity index (χ4v) is 4.20. The molecule has 2 atom stereocenters. The van der Waals surface area contributed by atoms with Gasteiger partial charge in [0, 0.05) is 25.2 Å². The molecule has 4 rings (SSSR count). The molecule has 2 aromatic carbocycles. The number of ether oxygens (including phenoxy) is 1. The summed E-state index contributed by atoms with van der Waals surface area (Å²) in [6, 6.07) is 16.4. The predicted molar refractivity (Wildman–Crippen MR) is 123 cm³/mol. The first kappa shape index (κ1) is 22.4. The van der Waals surface area contributed by atoms with E-state index in [4.69, 9.17) is 4.74 Å². The maximum Gasteiger partial charge on any atom is 0.247 e. The first-order chi connectivity index (χ1) is 16.0. The molecule has 0 aliphatic carbocycles. The zero-order valence-corrected chi connectivity index (χ0v) is 18.8. The summed E-state index contributed by atoms with van der Waals surface area (Å²) in [6.45, 7) is 2.75. The monoisotopic (exact) mass is 448 g/mol. The first-order valence-corrected chi connectivity index (χ1v) is 11.1. The van der Waals surface area contributed by atoms with Gasteiger partial charge in [-0.15, -0.1) is 5.10 Å². The molecular weight excluding hydrogens is 420 g/mol.